The van der Waals surface area contributed by atoms with Crippen molar-refractivity contribution in [2.45, 2.75) is 26.3 Å². The molecule has 0 unspecified atom stereocenters. The second kappa shape index (κ2) is 8.74. The molecule has 7 heteroatoms. The Labute approximate surface area is 177 Å². The Bertz CT molecular complexity index is 1030. The standard InChI is InChI=1S/C21H17Cl2N3OS/c1-12(2)21-26-18(19(28-21)15-5-3-13(10-24)4-6-15)20(27)25-11-14-7-16(22)9-17(23)8-14/h3-9,12H,11H2,1-2H3,(H,25,27). The molecule has 4 nitrogen and oxygen atoms in total. The minimum absolute atomic E-state index is 0.204. The summed E-state index contributed by atoms with van der Waals surface area (Å²) >= 11 is 13.5. The first kappa shape index (κ1) is 20.3. The third-order valence-corrected chi connectivity index (χ3v) is 5.85. The molecule has 0 saturated carbocycles. The van der Waals surface area contributed by atoms with Gasteiger partial charge < -0.3 is 5.32 Å². The maximum absolute atomic E-state index is 12.9. The Morgan fingerprint density at radius 3 is 2.39 bits per heavy atom. The van der Waals surface area contributed by atoms with Gasteiger partial charge in [0.15, 0.2) is 0 Å². The van der Waals surface area contributed by atoms with Gasteiger partial charge in [0.2, 0.25) is 0 Å². The molecule has 3 rings (SSSR count). The van der Waals surface area contributed by atoms with Crippen molar-refractivity contribution in [3.63, 3.8) is 0 Å². The van der Waals surface area contributed by atoms with Gasteiger partial charge >= 0.3 is 0 Å². The summed E-state index contributed by atoms with van der Waals surface area (Å²) in [5, 5.41) is 13.8. The van der Waals surface area contributed by atoms with Crippen molar-refractivity contribution >= 4 is 40.4 Å². The Morgan fingerprint density at radius 1 is 1.18 bits per heavy atom. The Morgan fingerprint density at radius 2 is 1.82 bits per heavy atom. The highest BCUT2D eigenvalue weighted by Crippen LogP contribution is 2.34. The van der Waals surface area contributed by atoms with Crippen LogP contribution in [0.3, 0.4) is 0 Å². The molecule has 3 aromatic rings. The number of thiazole rings is 1. The summed E-state index contributed by atoms with van der Waals surface area (Å²) < 4.78 is 0. The quantitative estimate of drug-likeness (QED) is 0.537. The van der Waals surface area contributed by atoms with Crippen LogP contribution in [0.1, 0.15) is 46.4 Å². The average Bonchev–Trinajstić information content (AvgIpc) is 3.11. The molecule has 2 aromatic carbocycles. The van der Waals surface area contributed by atoms with Crippen molar-refractivity contribution < 1.29 is 4.79 Å². The normalized spacial score (nSPS) is 10.7. The topological polar surface area (TPSA) is 65.8 Å². The number of hydrogen-bond donors (Lipinski definition) is 1. The molecule has 0 bridgehead atoms. The molecule has 0 atom stereocenters. The second-order valence-corrected chi connectivity index (χ2v) is 8.44. The molecule has 0 aliphatic rings. The molecule has 0 aliphatic carbocycles. The second-order valence-electron chi connectivity index (χ2n) is 6.53. The third-order valence-electron chi connectivity index (χ3n) is 4.00. The van der Waals surface area contributed by atoms with E-state index in [2.05, 4.69) is 16.4 Å². The van der Waals surface area contributed by atoms with E-state index < -0.39 is 0 Å². The van der Waals surface area contributed by atoms with Crippen molar-refractivity contribution in [1.29, 1.82) is 5.26 Å². The molecular weight excluding hydrogens is 413 g/mol. The Balaban J connectivity index is 1.88. The summed E-state index contributed by atoms with van der Waals surface area (Å²) in [5.74, 6) is -0.0611. The van der Waals surface area contributed by atoms with Crippen LogP contribution in [0.5, 0.6) is 0 Å². The van der Waals surface area contributed by atoms with Crippen LogP contribution in [0.4, 0.5) is 0 Å². The fraction of sp³-hybridized carbons (Fsp3) is 0.190. The van der Waals surface area contributed by atoms with Gasteiger partial charge in [-0.15, -0.1) is 11.3 Å². The number of amides is 1. The Kier molecular flexibility index (Phi) is 6.35. The van der Waals surface area contributed by atoms with E-state index in [1.165, 1.54) is 11.3 Å². The van der Waals surface area contributed by atoms with Crippen molar-refractivity contribution in [2.24, 2.45) is 0 Å². The summed E-state index contributed by atoms with van der Waals surface area (Å²) in [5.41, 5.74) is 2.62. The smallest absolute Gasteiger partial charge is 0.271 e. The van der Waals surface area contributed by atoms with Crippen LogP contribution in [0, 0.1) is 11.3 Å². The predicted octanol–water partition coefficient (Wildman–Crippen LogP) is 6.04. The zero-order valence-corrected chi connectivity index (χ0v) is 17.6. The van der Waals surface area contributed by atoms with E-state index in [1.54, 1.807) is 30.3 Å². The molecule has 28 heavy (non-hydrogen) atoms. The summed E-state index contributed by atoms with van der Waals surface area (Å²) in [7, 11) is 0. The Hall–Kier alpha value is -2.39. The number of benzene rings is 2. The first-order valence-electron chi connectivity index (χ1n) is 8.62. The molecule has 1 aromatic heterocycles. The first-order valence-corrected chi connectivity index (χ1v) is 10.2. The summed E-state index contributed by atoms with van der Waals surface area (Å²) in [6.45, 7) is 4.37. The zero-order valence-electron chi connectivity index (χ0n) is 15.3. The van der Waals surface area contributed by atoms with Crippen molar-refractivity contribution in [1.82, 2.24) is 10.3 Å². The number of hydrogen-bond acceptors (Lipinski definition) is 4. The number of rotatable bonds is 5. The largest absolute Gasteiger partial charge is 0.347 e. The number of carbonyl (C=O) groups excluding carboxylic acids is 1. The SMILES string of the molecule is CC(C)c1nc(C(=O)NCc2cc(Cl)cc(Cl)c2)c(-c2ccc(C#N)cc2)s1. The zero-order chi connectivity index (χ0) is 20.3. The van der Waals surface area contributed by atoms with Gasteiger partial charge in [0.25, 0.3) is 5.91 Å². The molecule has 1 heterocycles. The minimum Gasteiger partial charge on any atom is -0.347 e. The van der Waals surface area contributed by atoms with E-state index in [1.807, 2.05) is 26.0 Å². The van der Waals surface area contributed by atoms with Crippen molar-refractivity contribution in [2.75, 3.05) is 0 Å². The minimum atomic E-state index is -0.265. The average molecular weight is 430 g/mol. The molecule has 1 amide bonds. The van der Waals surface area contributed by atoms with Gasteiger partial charge in [-0.3, -0.25) is 4.79 Å². The number of carbonyl (C=O) groups is 1. The first-order chi connectivity index (χ1) is 13.4. The monoisotopic (exact) mass is 429 g/mol. The lowest BCUT2D eigenvalue weighted by molar-refractivity contribution is 0.0947. The van der Waals surface area contributed by atoms with E-state index in [4.69, 9.17) is 28.5 Å². The number of nitrogens with one attached hydrogen (secondary N) is 1. The highest BCUT2D eigenvalue weighted by Gasteiger charge is 2.21. The van der Waals surface area contributed by atoms with Gasteiger partial charge in [-0.05, 0) is 41.5 Å². The predicted molar refractivity (Wildman–Crippen MR) is 114 cm³/mol. The van der Waals surface area contributed by atoms with E-state index in [0.717, 1.165) is 21.0 Å². The lowest BCUT2D eigenvalue weighted by Crippen LogP contribution is -2.23. The molecular formula is C21H17Cl2N3OS. The van der Waals surface area contributed by atoms with Gasteiger partial charge in [0.05, 0.1) is 21.5 Å². The van der Waals surface area contributed by atoms with E-state index in [-0.39, 0.29) is 11.8 Å². The maximum Gasteiger partial charge on any atom is 0.271 e. The highest BCUT2D eigenvalue weighted by molar-refractivity contribution is 7.15. The van der Waals surface area contributed by atoms with Crippen LogP contribution < -0.4 is 5.32 Å². The fourth-order valence-corrected chi connectivity index (χ4v) is 4.25. The van der Waals surface area contributed by atoms with Gasteiger partial charge in [-0.1, -0.05) is 49.2 Å². The van der Waals surface area contributed by atoms with Crippen LogP contribution in [0.15, 0.2) is 42.5 Å². The molecule has 142 valence electrons. The van der Waals surface area contributed by atoms with Crippen LogP contribution in [-0.2, 0) is 6.54 Å². The lowest BCUT2D eigenvalue weighted by atomic mass is 10.1. The van der Waals surface area contributed by atoms with Crippen LogP contribution >= 0.6 is 34.5 Å². The molecule has 0 fully saturated rings. The molecule has 0 spiro atoms. The third kappa shape index (κ3) is 4.71. The van der Waals surface area contributed by atoms with Gasteiger partial charge in [-0.2, -0.15) is 5.26 Å². The summed E-state index contributed by atoms with van der Waals surface area (Å²) in [6, 6.07) is 14.4. The lowest BCUT2D eigenvalue weighted by Gasteiger charge is -2.07. The highest BCUT2D eigenvalue weighted by atomic mass is 35.5. The number of nitrogens with zero attached hydrogens (tertiary/aromatic N) is 2. The van der Waals surface area contributed by atoms with Gasteiger partial charge in [0.1, 0.15) is 5.69 Å². The van der Waals surface area contributed by atoms with Gasteiger partial charge in [-0.25, -0.2) is 4.98 Å². The van der Waals surface area contributed by atoms with Gasteiger partial charge in [0, 0.05) is 22.5 Å². The van der Waals surface area contributed by atoms with Crippen molar-refractivity contribution in [3.05, 3.63) is 74.3 Å². The maximum atomic E-state index is 12.9. The summed E-state index contributed by atoms with van der Waals surface area (Å²) in [6.07, 6.45) is 0. The molecule has 1 N–H and O–H groups in total. The molecule has 0 aliphatic heterocycles. The fourth-order valence-electron chi connectivity index (χ4n) is 2.61. The molecule has 0 radical (unpaired) electrons. The molecule has 0 saturated heterocycles. The van der Waals surface area contributed by atoms with Crippen LogP contribution in [-0.4, -0.2) is 10.9 Å². The van der Waals surface area contributed by atoms with E-state index in [0.29, 0.717) is 27.8 Å². The number of aromatic nitrogens is 1. The van der Waals surface area contributed by atoms with E-state index in [9.17, 15) is 4.79 Å². The summed E-state index contributed by atoms with van der Waals surface area (Å²) in [4.78, 5) is 18.2. The van der Waals surface area contributed by atoms with Crippen LogP contribution in [0.25, 0.3) is 10.4 Å². The van der Waals surface area contributed by atoms with Crippen LogP contribution in [0.2, 0.25) is 10.0 Å². The number of halogens is 2. The van der Waals surface area contributed by atoms with E-state index >= 15 is 0 Å². The van der Waals surface area contributed by atoms with Crippen molar-refractivity contribution in [3.8, 4) is 16.5 Å². The number of nitriles is 1.